The number of aromatic nitrogens is 3. The molecule has 0 spiro atoms. The van der Waals surface area contributed by atoms with Gasteiger partial charge in [0.05, 0.1) is 16.0 Å². The Kier molecular flexibility index (Phi) is 4.65. The quantitative estimate of drug-likeness (QED) is 0.495. The molecule has 0 atom stereocenters. The van der Waals surface area contributed by atoms with E-state index in [2.05, 4.69) is 54.5 Å². The largest absolute Gasteiger partial charge is 0.325 e. The Morgan fingerprint density at radius 2 is 1.85 bits per heavy atom. The van der Waals surface area contributed by atoms with E-state index in [9.17, 15) is 4.79 Å². The summed E-state index contributed by atoms with van der Waals surface area (Å²) in [5.74, 6) is 0.228. The maximum absolute atomic E-state index is 12.3. The van der Waals surface area contributed by atoms with E-state index in [1.54, 1.807) is 11.3 Å². The molecule has 0 aliphatic heterocycles. The molecular formula is C20H20N4OS2. The molecule has 0 aliphatic rings. The molecule has 2 aromatic carbocycles. The minimum absolute atomic E-state index is 0.0557. The van der Waals surface area contributed by atoms with Crippen molar-refractivity contribution < 1.29 is 4.79 Å². The lowest BCUT2D eigenvalue weighted by molar-refractivity contribution is -0.113. The number of nitrogens with one attached hydrogen (secondary N) is 1. The summed E-state index contributed by atoms with van der Waals surface area (Å²) in [5.41, 5.74) is 3.22. The summed E-state index contributed by atoms with van der Waals surface area (Å²) in [6, 6.07) is 16.1. The lowest BCUT2D eigenvalue weighted by Crippen LogP contribution is -2.15. The van der Waals surface area contributed by atoms with Crippen LogP contribution in [-0.2, 0) is 10.2 Å². The third-order valence-corrected chi connectivity index (χ3v) is 6.22. The zero-order valence-electron chi connectivity index (χ0n) is 15.4. The number of anilines is 1. The molecule has 0 radical (unpaired) electrons. The summed E-state index contributed by atoms with van der Waals surface area (Å²) in [5, 5.41) is 12.1. The van der Waals surface area contributed by atoms with Crippen LogP contribution in [0.25, 0.3) is 15.2 Å². The van der Waals surface area contributed by atoms with Crippen LogP contribution in [0.2, 0.25) is 0 Å². The van der Waals surface area contributed by atoms with Gasteiger partial charge in [0.25, 0.3) is 0 Å². The van der Waals surface area contributed by atoms with Crippen molar-refractivity contribution in [3.63, 3.8) is 0 Å². The standard InChI is InChI=1S/C20H20N4OS2/c1-20(2,3)13-8-10-14(11-9-13)21-17(25)12-26-18-22-23-19-24(18)15-6-4-5-7-16(15)27-19/h4-11H,12H2,1-3H3,(H,21,25). The molecule has 0 saturated carbocycles. The summed E-state index contributed by atoms with van der Waals surface area (Å²) < 4.78 is 3.17. The Bertz CT molecular complexity index is 1110. The highest BCUT2D eigenvalue weighted by atomic mass is 32.2. The number of fused-ring (bicyclic) bond motifs is 3. The molecule has 138 valence electrons. The number of carbonyl (C=O) groups is 1. The van der Waals surface area contributed by atoms with Crippen LogP contribution in [0, 0.1) is 0 Å². The van der Waals surface area contributed by atoms with Gasteiger partial charge in [0.1, 0.15) is 0 Å². The Balaban J connectivity index is 1.44. The minimum Gasteiger partial charge on any atom is -0.325 e. The van der Waals surface area contributed by atoms with Gasteiger partial charge in [-0.15, -0.1) is 10.2 Å². The number of para-hydroxylation sites is 1. The molecule has 0 bridgehead atoms. The topological polar surface area (TPSA) is 59.3 Å². The van der Waals surface area contributed by atoms with Gasteiger partial charge in [-0.3, -0.25) is 9.20 Å². The predicted octanol–water partition coefficient (Wildman–Crippen LogP) is 4.97. The van der Waals surface area contributed by atoms with E-state index in [-0.39, 0.29) is 17.1 Å². The van der Waals surface area contributed by atoms with Crippen LogP contribution < -0.4 is 5.32 Å². The van der Waals surface area contributed by atoms with E-state index in [4.69, 9.17) is 0 Å². The van der Waals surface area contributed by atoms with Crippen LogP contribution in [0.1, 0.15) is 26.3 Å². The molecule has 7 heteroatoms. The fraction of sp³-hybridized carbons (Fsp3) is 0.250. The summed E-state index contributed by atoms with van der Waals surface area (Å²) in [6.45, 7) is 6.51. The Hall–Kier alpha value is -2.38. The fourth-order valence-corrected chi connectivity index (χ4v) is 4.60. The maximum Gasteiger partial charge on any atom is 0.234 e. The molecule has 1 amide bonds. The predicted molar refractivity (Wildman–Crippen MR) is 113 cm³/mol. The molecule has 5 nitrogen and oxygen atoms in total. The third kappa shape index (κ3) is 3.70. The van der Waals surface area contributed by atoms with Crippen molar-refractivity contribution >= 4 is 49.9 Å². The van der Waals surface area contributed by atoms with Crippen LogP contribution in [0.3, 0.4) is 0 Å². The summed E-state index contributed by atoms with van der Waals surface area (Å²) in [7, 11) is 0. The lowest BCUT2D eigenvalue weighted by atomic mass is 9.87. The number of hydrogen-bond acceptors (Lipinski definition) is 5. The van der Waals surface area contributed by atoms with Crippen molar-refractivity contribution in [3.8, 4) is 0 Å². The van der Waals surface area contributed by atoms with E-state index in [1.165, 1.54) is 17.3 Å². The second kappa shape index (κ2) is 6.98. The number of hydrogen-bond donors (Lipinski definition) is 1. The van der Waals surface area contributed by atoms with Gasteiger partial charge < -0.3 is 5.32 Å². The normalized spacial score (nSPS) is 12.0. The van der Waals surface area contributed by atoms with E-state index < -0.39 is 0 Å². The Morgan fingerprint density at radius 1 is 1.11 bits per heavy atom. The second-order valence-corrected chi connectivity index (χ2v) is 9.29. The SMILES string of the molecule is CC(C)(C)c1ccc(NC(=O)CSc2nnc3sc4ccccc4n23)cc1. The number of carbonyl (C=O) groups excluding carboxylic acids is 1. The van der Waals surface area contributed by atoms with Crippen LogP contribution in [0.4, 0.5) is 5.69 Å². The van der Waals surface area contributed by atoms with Crippen molar-refractivity contribution in [2.75, 3.05) is 11.1 Å². The van der Waals surface area contributed by atoms with Crippen LogP contribution in [0.5, 0.6) is 0 Å². The lowest BCUT2D eigenvalue weighted by Gasteiger charge is -2.19. The molecular weight excluding hydrogens is 376 g/mol. The average Bonchev–Trinajstić information content (AvgIpc) is 3.19. The van der Waals surface area contributed by atoms with Crippen LogP contribution in [-0.4, -0.2) is 26.3 Å². The summed E-state index contributed by atoms with van der Waals surface area (Å²) in [4.78, 5) is 13.2. The highest BCUT2D eigenvalue weighted by Gasteiger charge is 2.15. The molecule has 0 aliphatic carbocycles. The van der Waals surface area contributed by atoms with Gasteiger partial charge in [0.2, 0.25) is 10.9 Å². The van der Waals surface area contributed by atoms with Gasteiger partial charge in [0.15, 0.2) is 5.16 Å². The first-order valence-corrected chi connectivity index (χ1v) is 10.5. The number of thiazole rings is 1. The van der Waals surface area contributed by atoms with Crippen LogP contribution in [0.15, 0.2) is 53.7 Å². The summed E-state index contributed by atoms with van der Waals surface area (Å²) >= 11 is 2.99. The highest BCUT2D eigenvalue weighted by molar-refractivity contribution is 7.99. The van der Waals surface area contributed by atoms with Gasteiger partial charge in [-0.05, 0) is 35.2 Å². The molecule has 27 heavy (non-hydrogen) atoms. The molecule has 2 aromatic heterocycles. The number of rotatable bonds is 4. The van der Waals surface area contributed by atoms with Crippen molar-refractivity contribution in [3.05, 3.63) is 54.1 Å². The number of thioether (sulfide) groups is 1. The molecule has 4 rings (SSSR count). The minimum atomic E-state index is -0.0557. The Morgan fingerprint density at radius 3 is 2.59 bits per heavy atom. The van der Waals surface area contributed by atoms with E-state index in [0.717, 1.165) is 26.0 Å². The highest BCUT2D eigenvalue weighted by Crippen LogP contribution is 2.29. The molecule has 4 aromatic rings. The van der Waals surface area contributed by atoms with Gasteiger partial charge in [-0.1, -0.05) is 68.1 Å². The first kappa shape index (κ1) is 18.0. The van der Waals surface area contributed by atoms with E-state index >= 15 is 0 Å². The molecule has 0 unspecified atom stereocenters. The third-order valence-electron chi connectivity index (χ3n) is 4.28. The molecule has 1 N–H and O–H groups in total. The van der Waals surface area contributed by atoms with E-state index in [0.29, 0.717) is 0 Å². The molecule has 0 saturated heterocycles. The van der Waals surface area contributed by atoms with Gasteiger partial charge in [0, 0.05) is 5.69 Å². The van der Waals surface area contributed by atoms with Crippen molar-refractivity contribution in [1.29, 1.82) is 0 Å². The monoisotopic (exact) mass is 396 g/mol. The average molecular weight is 397 g/mol. The van der Waals surface area contributed by atoms with Gasteiger partial charge >= 0.3 is 0 Å². The van der Waals surface area contributed by atoms with Crippen molar-refractivity contribution in [2.45, 2.75) is 31.3 Å². The van der Waals surface area contributed by atoms with Gasteiger partial charge in [-0.2, -0.15) is 0 Å². The van der Waals surface area contributed by atoms with Crippen molar-refractivity contribution in [1.82, 2.24) is 14.6 Å². The zero-order chi connectivity index (χ0) is 19.0. The fourth-order valence-electron chi connectivity index (χ4n) is 2.83. The molecule has 2 heterocycles. The van der Waals surface area contributed by atoms with Crippen molar-refractivity contribution in [2.24, 2.45) is 0 Å². The smallest absolute Gasteiger partial charge is 0.234 e. The van der Waals surface area contributed by atoms with Gasteiger partial charge in [-0.25, -0.2) is 0 Å². The second-order valence-electron chi connectivity index (χ2n) is 7.33. The first-order valence-electron chi connectivity index (χ1n) is 8.68. The number of nitrogens with zero attached hydrogens (tertiary/aromatic N) is 3. The first-order chi connectivity index (χ1) is 12.9. The number of amides is 1. The maximum atomic E-state index is 12.3. The van der Waals surface area contributed by atoms with E-state index in [1.807, 2.05) is 34.7 Å². The zero-order valence-corrected chi connectivity index (χ0v) is 17.0. The molecule has 0 fully saturated rings. The summed E-state index contributed by atoms with van der Waals surface area (Å²) in [6.07, 6.45) is 0. The Labute approximate surface area is 165 Å². The van der Waals surface area contributed by atoms with Crippen LogP contribution >= 0.6 is 23.1 Å². The number of benzene rings is 2.